The van der Waals surface area contributed by atoms with Gasteiger partial charge < -0.3 is 18.8 Å². The monoisotopic (exact) mass is 489 g/mol. The molecule has 0 bridgehead atoms. The van der Waals surface area contributed by atoms with Crippen molar-refractivity contribution in [3.63, 3.8) is 0 Å². The van der Waals surface area contributed by atoms with Crippen LogP contribution in [-0.4, -0.2) is 36.7 Å². The highest BCUT2D eigenvalue weighted by molar-refractivity contribution is 6.17. The predicted molar refractivity (Wildman–Crippen MR) is 136 cm³/mol. The number of aromatic nitrogens is 1. The van der Waals surface area contributed by atoms with Crippen LogP contribution >= 0.6 is 11.6 Å². The predicted octanol–water partition coefficient (Wildman–Crippen LogP) is 6.02. The van der Waals surface area contributed by atoms with Gasteiger partial charge in [0.25, 0.3) is 0 Å². The number of hydrogen-bond acceptors (Lipinski definition) is 5. The molecule has 0 amide bonds. The Balaban J connectivity index is 2.01. The van der Waals surface area contributed by atoms with Crippen LogP contribution in [0, 0.1) is 5.41 Å². The summed E-state index contributed by atoms with van der Waals surface area (Å²) in [6.07, 6.45) is 6.55. The molecule has 0 spiro atoms. The fourth-order valence-corrected chi connectivity index (χ4v) is 4.62. The fraction of sp³-hybridized carbons (Fsp3) is 0.556. The minimum absolute atomic E-state index is 0.0422. The van der Waals surface area contributed by atoms with Crippen LogP contribution in [0.5, 0.6) is 11.5 Å². The highest BCUT2D eigenvalue weighted by atomic mass is 35.5. The van der Waals surface area contributed by atoms with Gasteiger partial charge in [-0.3, -0.25) is 4.79 Å². The van der Waals surface area contributed by atoms with Crippen LogP contribution in [0.15, 0.2) is 29.2 Å². The Bertz CT molecular complexity index is 1070. The van der Waals surface area contributed by atoms with Gasteiger partial charge in [0, 0.05) is 29.7 Å². The molecule has 3 rings (SSSR count). The molecule has 0 saturated heterocycles. The zero-order valence-electron chi connectivity index (χ0n) is 20.9. The number of carbonyl (C=O) groups is 1. The summed E-state index contributed by atoms with van der Waals surface area (Å²) in [5.41, 5.74) is 2.38. The van der Waals surface area contributed by atoms with Gasteiger partial charge in [0.1, 0.15) is 5.56 Å². The van der Waals surface area contributed by atoms with E-state index in [2.05, 4.69) is 20.8 Å². The molecule has 1 atom stereocenters. The molecular weight excluding hydrogens is 454 g/mol. The fourth-order valence-electron chi connectivity index (χ4n) is 4.43. The minimum Gasteiger partial charge on any atom is -0.493 e. The molecule has 0 saturated carbocycles. The summed E-state index contributed by atoms with van der Waals surface area (Å²) < 4.78 is 18.9. The molecule has 6 nitrogen and oxygen atoms in total. The molecular formula is C27H36ClNO5. The van der Waals surface area contributed by atoms with Gasteiger partial charge in [-0.1, -0.05) is 33.6 Å². The highest BCUT2D eigenvalue weighted by Crippen LogP contribution is 2.45. The molecule has 0 aliphatic carbocycles. The van der Waals surface area contributed by atoms with Gasteiger partial charge >= 0.3 is 5.97 Å². The van der Waals surface area contributed by atoms with Crippen LogP contribution in [0.1, 0.15) is 75.3 Å². The summed E-state index contributed by atoms with van der Waals surface area (Å²) >= 11 is 5.75. The zero-order chi connectivity index (χ0) is 24.9. The maximum Gasteiger partial charge on any atom is 0.343 e. The second-order valence-electron chi connectivity index (χ2n) is 9.76. The van der Waals surface area contributed by atoms with E-state index in [-0.39, 0.29) is 29.1 Å². The van der Waals surface area contributed by atoms with E-state index in [1.807, 2.05) is 16.7 Å². The molecule has 1 aliphatic heterocycles. The summed E-state index contributed by atoms with van der Waals surface area (Å²) in [6.45, 7) is 9.05. The summed E-state index contributed by atoms with van der Waals surface area (Å²) in [5.74, 6) is 1.45. The van der Waals surface area contributed by atoms with Gasteiger partial charge in [0.2, 0.25) is 0 Å². The molecule has 1 aromatic heterocycles. The number of esters is 1. The molecule has 186 valence electrons. The first-order valence-electron chi connectivity index (χ1n) is 12.0. The Morgan fingerprint density at radius 3 is 2.50 bits per heavy atom. The lowest BCUT2D eigenvalue weighted by Crippen LogP contribution is -2.33. The van der Waals surface area contributed by atoms with Gasteiger partial charge in [-0.2, -0.15) is 0 Å². The SMILES string of the molecule is CCOC(=O)c1cn2c(cc1=O)-c1cc(OC)c(OCCCCCCCl)cc1CC2C(C)(C)C. The molecule has 1 unspecified atom stereocenters. The van der Waals surface area contributed by atoms with Crippen LogP contribution in [-0.2, 0) is 11.2 Å². The number of fused-ring (bicyclic) bond motifs is 3. The van der Waals surface area contributed by atoms with Crippen LogP contribution in [0.25, 0.3) is 11.3 Å². The van der Waals surface area contributed by atoms with Crippen molar-refractivity contribution in [3.8, 4) is 22.8 Å². The van der Waals surface area contributed by atoms with Crippen molar-refractivity contribution < 1.29 is 19.0 Å². The van der Waals surface area contributed by atoms with Crippen LogP contribution in [0.3, 0.4) is 0 Å². The summed E-state index contributed by atoms with van der Waals surface area (Å²) in [4.78, 5) is 25.3. The number of carbonyl (C=O) groups excluding carboxylic acids is 1. The van der Waals surface area contributed by atoms with E-state index in [1.54, 1.807) is 26.3 Å². The van der Waals surface area contributed by atoms with E-state index >= 15 is 0 Å². The first-order valence-corrected chi connectivity index (χ1v) is 12.6. The number of nitrogens with zero attached hydrogens (tertiary/aromatic N) is 1. The topological polar surface area (TPSA) is 66.8 Å². The van der Waals surface area contributed by atoms with E-state index in [1.165, 1.54) is 0 Å². The largest absolute Gasteiger partial charge is 0.493 e. The summed E-state index contributed by atoms with van der Waals surface area (Å²) in [5, 5.41) is 0. The number of benzene rings is 1. The summed E-state index contributed by atoms with van der Waals surface area (Å²) in [7, 11) is 1.62. The van der Waals surface area contributed by atoms with E-state index < -0.39 is 5.97 Å². The molecule has 2 aromatic rings. The maximum atomic E-state index is 12.9. The third-order valence-corrected chi connectivity index (χ3v) is 6.54. The Morgan fingerprint density at radius 1 is 1.12 bits per heavy atom. The van der Waals surface area contributed by atoms with Crippen molar-refractivity contribution in [2.24, 2.45) is 5.41 Å². The molecule has 1 aliphatic rings. The Labute approximate surface area is 207 Å². The molecule has 0 N–H and O–H groups in total. The van der Waals surface area contributed by atoms with Crippen LogP contribution in [0.2, 0.25) is 0 Å². The quantitative estimate of drug-likeness (QED) is 0.232. The van der Waals surface area contributed by atoms with E-state index in [0.717, 1.165) is 48.9 Å². The maximum absolute atomic E-state index is 12.9. The Hall–Kier alpha value is -2.47. The van der Waals surface area contributed by atoms with Gasteiger partial charge in [0.05, 0.1) is 26.0 Å². The number of hydrogen-bond donors (Lipinski definition) is 0. The highest BCUT2D eigenvalue weighted by Gasteiger charge is 2.34. The van der Waals surface area contributed by atoms with Crippen molar-refractivity contribution in [1.82, 2.24) is 4.57 Å². The standard InChI is InChI=1S/C27H36ClNO5/c1-6-33-26(31)20-17-29-21(16-22(20)30)19-15-23(32-5)24(34-12-10-8-7-9-11-28)13-18(19)14-25(29)27(2,3)4/h13,15-17,25H,6-12,14H2,1-5H3. The average molecular weight is 490 g/mol. The molecule has 2 heterocycles. The number of alkyl halides is 1. The van der Waals surface area contributed by atoms with Gasteiger partial charge in [-0.25, -0.2) is 4.79 Å². The van der Waals surface area contributed by atoms with E-state index in [9.17, 15) is 9.59 Å². The first-order chi connectivity index (χ1) is 16.2. The van der Waals surface area contributed by atoms with Crippen molar-refractivity contribution in [2.45, 2.75) is 65.8 Å². The van der Waals surface area contributed by atoms with Crippen molar-refractivity contribution in [2.75, 3.05) is 26.2 Å². The zero-order valence-corrected chi connectivity index (χ0v) is 21.7. The van der Waals surface area contributed by atoms with E-state index in [4.69, 9.17) is 25.8 Å². The lowest BCUT2D eigenvalue weighted by atomic mass is 9.78. The average Bonchev–Trinajstić information content (AvgIpc) is 2.79. The lowest BCUT2D eigenvalue weighted by Gasteiger charge is -2.39. The van der Waals surface area contributed by atoms with Crippen LogP contribution < -0.4 is 14.9 Å². The Kier molecular flexibility index (Phi) is 8.69. The second kappa shape index (κ2) is 11.3. The number of halogens is 1. The van der Waals surface area contributed by atoms with Crippen molar-refractivity contribution >= 4 is 17.6 Å². The number of pyridine rings is 1. The van der Waals surface area contributed by atoms with Crippen molar-refractivity contribution in [3.05, 3.63) is 45.7 Å². The third kappa shape index (κ3) is 5.77. The Morgan fingerprint density at radius 2 is 1.85 bits per heavy atom. The number of rotatable bonds is 10. The van der Waals surface area contributed by atoms with Gasteiger partial charge in [-0.05, 0) is 49.3 Å². The molecule has 0 radical (unpaired) electrons. The third-order valence-electron chi connectivity index (χ3n) is 6.27. The normalized spacial score (nSPS) is 14.8. The first kappa shape index (κ1) is 26.1. The minimum atomic E-state index is -0.589. The van der Waals surface area contributed by atoms with E-state index in [0.29, 0.717) is 24.0 Å². The van der Waals surface area contributed by atoms with Crippen LogP contribution in [0.4, 0.5) is 0 Å². The number of unbranched alkanes of at least 4 members (excludes halogenated alkanes) is 3. The molecule has 34 heavy (non-hydrogen) atoms. The van der Waals surface area contributed by atoms with Gasteiger partial charge in [0.15, 0.2) is 16.9 Å². The number of methoxy groups -OCH3 is 1. The lowest BCUT2D eigenvalue weighted by molar-refractivity contribution is 0.0523. The smallest absolute Gasteiger partial charge is 0.343 e. The molecule has 0 fully saturated rings. The molecule has 1 aromatic carbocycles. The summed E-state index contributed by atoms with van der Waals surface area (Å²) in [6, 6.07) is 5.56. The van der Waals surface area contributed by atoms with Gasteiger partial charge in [-0.15, -0.1) is 11.6 Å². The van der Waals surface area contributed by atoms with Crippen molar-refractivity contribution in [1.29, 1.82) is 0 Å². The number of ether oxygens (including phenoxy) is 3. The molecule has 7 heteroatoms. The second-order valence-corrected chi connectivity index (χ2v) is 10.1.